The summed E-state index contributed by atoms with van der Waals surface area (Å²) in [6, 6.07) is 4.62. The third-order valence-corrected chi connectivity index (χ3v) is 3.36. The van der Waals surface area contributed by atoms with Crippen LogP contribution >= 0.6 is 12.4 Å². The van der Waals surface area contributed by atoms with Crippen LogP contribution in [0.15, 0.2) is 18.2 Å². The van der Waals surface area contributed by atoms with E-state index in [4.69, 9.17) is 19.9 Å². The second-order valence-corrected chi connectivity index (χ2v) is 5.96. The first-order valence-electron chi connectivity index (χ1n) is 7.69. The number of amides is 1. The molecule has 1 aromatic rings. The summed E-state index contributed by atoms with van der Waals surface area (Å²) in [6.07, 6.45) is -0.217. The standard InChI is InChI=1S/C16H24N2O5.ClH/c1-10(2)5-13(17)16(20)18-7-11(19)8-21-12-3-4-14-15(6-12)23-9-22-14;/h3-4,6,10-11,13,19H,5,7-9,17H2,1-2H3,(H,18,20);1H/t11?,13-;/m0./s1. The van der Waals surface area contributed by atoms with Gasteiger partial charge in [0.25, 0.3) is 0 Å². The monoisotopic (exact) mass is 360 g/mol. The molecule has 0 saturated carbocycles. The van der Waals surface area contributed by atoms with Gasteiger partial charge in [0.2, 0.25) is 12.7 Å². The minimum atomic E-state index is -0.823. The lowest BCUT2D eigenvalue weighted by atomic mass is 10.0. The summed E-state index contributed by atoms with van der Waals surface area (Å²) in [4.78, 5) is 11.8. The van der Waals surface area contributed by atoms with Crippen LogP contribution in [0.4, 0.5) is 0 Å². The fraction of sp³-hybridized carbons (Fsp3) is 0.562. The number of nitrogens with two attached hydrogens (primary N) is 1. The highest BCUT2D eigenvalue weighted by molar-refractivity contribution is 5.85. The molecule has 1 amide bonds. The van der Waals surface area contributed by atoms with Crippen molar-refractivity contribution in [3.63, 3.8) is 0 Å². The van der Waals surface area contributed by atoms with Crippen LogP contribution in [0.2, 0.25) is 0 Å². The van der Waals surface area contributed by atoms with Crippen molar-refractivity contribution in [3.05, 3.63) is 18.2 Å². The average Bonchev–Trinajstić information content (AvgIpc) is 2.97. The molecule has 4 N–H and O–H groups in total. The molecule has 8 heteroatoms. The molecule has 0 bridgehead atoms. The first-order chi connectivity index (χ1) is 11.0. The van der Waals surface area contributed by atoms with E-state index in [9.17, 15) is 9.90 Å². The van der Waals surface area contributed by atoms with E-state index in [0.717, 1.165) is 0 Å². The van der Waals surface area contributed by atoms with Gasteiger partial charge in [0.15, 0.2) is 11.5 Å². The predicted octanol–water partition coefficient (Wildman–Crippen LogP) is 1.07. The minimum absolute atomic E-state index is 0. The first kappa shape index (κ1) is 20.3. The van der Waals surface area contributed by atoms with E-state index >= 15 is 0 Å². The van der Waals surface area contributed by atoms with Crippen LogP contribution in [-0.4, -0.2) is 43.1 Å². The molecule has 24 heavy (non-hydrogen) atoms. The van der Waals surface area contributed by atoms with Crippen molar-refractivity contribution in [1.29, 1.82) is 0 Å². The fourth-order valence-corrected chi connectivity index (χ4v) is 2.18. The van der Waals surface area contributed by atoms with Crippen molar-refractivity contribution in [1.82, 2.24) is 5.32 Å². The lowest BCUT2D eigenvalue weighted by Crippen LogP contribution is -2.45. The average molecular weight is 361 g/mol. The van der Waals surface area contributed by atoms with Gasteiger partial charge in [-0.1, -0.05) is 13.8 Å². The topological polar surface area (TPSA) is 103 Å². The van der Waals surface area contributed by atoms with Crippen LogP contribution in [0.3, 0.4) is 0 Å². The maximum Gasteiger partial charge on any atom is 0.237 e. The molecule has 0 fully saturated rings. The van der Waals surface area contributed by atoms with Crippen LogP contribution < -0.4 is 25.3 Å². The normalized spacial score (nSPS) is 14.7. The van der Waals surface area contributed by atoms with Crippen molar-refractivity contribution < 1.29 is 24.1 Å². The van der Waals surface area contributed by atoms with Crippen LogP contribution in [0, 0.1) is 5.92 Å². The number of aliphatic hydroxyl groups excluding tert-OH is 1. The Bertz CT molecular complexity index is 541. The van der Waals surface area contributed by atoms with Gasteiger partial charge in [-0.3, -0.25) is 4.79 Å². The number of aliphatic hydroxyl groups is 1. The summed E-state index contributed by atoms with van der Waals surface area (Å²) in [6.45, 7) is 4.35. The zero-order chi connectivity index (χ0) is 16.8. The molecule has 1 aliphatic rings. The number of rotatable bonds is 8. The molecule has 0 aliphatic carbocycles. The number of fused-ring (bicyclic) bond motifs is 1. The molecule has 0 radical (unpaired) electrons. The molecule has 2 rings (SSSR count). The van der Waals surface area contributed by atoms with E-state index in [2.05, 4.69) is 5.32 Å². The van der Waals surface area contributed by atoms with Gasteiger partial charge in [-0.2, -0.15) is 0 Å². The maximum atomic E-state index is 11.8. The molecule has 0 aromatic heterocycles. The predicted molar refractivity (Wildman–Crippen MR) is 91.8 cm³/mol. The van der Waals surface area contributed by atoms with Crippen LogP contribution in [0.1, 0.15) is 20.3 Å². The summed E-state index contributed by atoms with van der Waals surface area (Å²) in [5.41, 5.74) is 5.77. The van der Waals surface area contributed by atoms with Gasteiger partial charge < -0.3 is 30.4 Å². The molecule has 0 saturated heterocycles. The quantitative estimate of drug-likeness (QED) is 0.640. The van der Waals surface area contributed by atoms with Crippen LogP contribution in [-0.2, 0) is 4.79 Å². The Kier molecular flexibility index (Phi) is 8.10. The molecule has 1 aliphatic heterocycles. The summed E-state index contributed by atoms with van der Waals surface area (Å²) < 4.78 is 15.9. The van der Waals surface area contributed by atoms with Gasteiger partial charge in [0.05, 0.1) is 6.04 Å². The Morgan fingerprint density at radius 2 is 2.08 bits per heavy atom. The van der Waals surface area contributed by atoms with E-state index in [0.29, 0.717) is 29.6 Å². The Hall–Kier alpha value is -1.70. The fourth-order valence-electron chi connectivity index (χ4n) is 2.18. The van der Waals surface area contributed by atoms with E-state index in [1.807, 2.05) is 13.8 Å². The molecule has 7 nitrogen and oxygen atoms in total. The van der Waals surface area contributed by atoms with Crippen molar-refractivity contribution in [2.45, 2.75) is 32.4 Å². The summed E-state index contributed by atoms with van der Waals surface area (Å²) in [5.74, 6) is 1.93. The van der Waals surface area contributed by atoms with Gasteiger partial charge in [0.1, 0.15) is 18.5 Å². The molecule has 1 unspecified atom stereocenters. The molecule has 1 heterocycles. The Morgan fingerprint density at radius 1 is 1.38 bits per heavy atom. The number of carbonyl (C=O) groups excluding carboxylic acids is 1. The Morgan fingerprint density at radius 3 is 2.79 bits per heavy atom. The second kappa shape index (κ2) is 9.56. The largest absolute Gasteiger partial charge is 0.491 e. The van der Waals surface area contributed by atoms with Crippen LogP contribution in [0.5, 0.6) is 17.2 Å². The summed E-state index contributed by atoms with van der Waals surface area (Å²) >= 11 is 0. The lowest BCUT2D eigenvalue weighted by Gasteiger charge is -2.17. The number of ether oxygens (including phenoxy) is 3. The lowest BCUT2D eigenvalue weighted by molar-refractivity contribution is -0.123. The molecule has 136 valence electrons. The number of carbonyl (C=O) groups is 1. The van der Waals surface area contributed by atoms with Crippen molar-refractivity contribution in [2.24, 2.45) is 11.7 Å². The van der Waals surface area contributed by atoms with E-state index in [1.165, 1.54) is 0 Å². The van der Waals surface area contributed by atoms with Gasteiger partial charge in [-0.05, 0) is 24.5 Å². The zero-order valence-electron chi connectivity index (χ0n) is 13.9. The second-order valence-electron chi connectivity index (χ2n) is 5.96. The molecular weight excluding hydrogens is 336 g/mol. The van der Waals surface area contributed by atoms with Crippen molar-refractivity contribution in [3.8, 4) is 17.2 Å². The van der Waals surface area contributed by atoms with E-state index in [1.54, 1.807) is 18.2 Å². The van der Waals surface area contributed by atoms with Gasteiger partial charge in [-0.15, -0.1) is 12.4 Å². The first-order valence-corrected chi connectivity index (χ1v) is 7.69. The van der Waals surface area contributed by atoms with Crippen molar-refractivity contribution in [2.75, 3.05) is 19.9 Å². The summed E-state index contributed by atoms with van der Waals surface area (Å²) in [5, 5.41) is 12.5. The Balaban J connectivity index is 0.00000288. The zero-order valence-corrected chi connectivity index (χ0v) is 14.7. The number of hydrogen-bond donors (Lipinski definition) is 3. The highest BCUT2D eigenvalue weighted by Gasteiger charge is 2.17. The third kappa shape index (κ3) is 6.07. The Labute approximate surface area is 147 Å². The number of halogens is 1. The molecular formula is C16H25ClN2O5. The van der Waals surface area contributed by atoms with Crippen molar-refractivity contribution >= 4 is 18.3 Å². The highest BCUT2D eigenvalue weighted by Crippen LogP contribution is 2.35. The SMILES string of the molecule is CC(C)C[C@H](N)C(=O)NCC(O)COc1ccc2c(c1)OCO2.Cl. The third-order valence-electron chi connectivity index (χ3n) is 3.36. The smallest absolute Gasteiger partial charge is 0.237 e. The highest BCUT2D eigenvalue weighted by atomic mass is 35.5. The van der Waals surface area contributed by atoms with Gasteiger partial charge >= 0.3 is 0 Å². The number of hydrogen-bond acceptors (Lipinski definition) is 6. The minimum Gasteiger partial charge on any atom is -0.491 e. The summed E-state index contributed by atoms with van der Waals surface area (Å²) in [7, 11) is 0. The molecule has 0 spiro atoms. The van der Waals surface area contributed by atoms with Crippen LogP contribution in [0.25, 0.3) is 0 Å². The van der Waals surface area contributed by atoms with Gasteiger partial charge in [0, 0.05) is 12.6 Å². The number of nitrogens with one attached hydrogen (secondary N) is 1. The number of benzene rings is 1. The maximum absolute atomic E-state index is 11.8. The van der Waals surface area contributed by atoms with E-state index < -0.39 is 12.1 Å². The molecule has 1 aromatic carbocycles. The molecule has 2 atom stereocenters. The van der Waals surface area contributed by atoms with Gasteiger partial charge in [-0.25, -0.2) is 0 Å². The van der Waals surface area contributed by atoms with E-state index in [-0.39, 0.29) is 38.3 Å².